The highest BCUT2D eigenvalue weighted by Crippen LogP contribution is 2.23. The molecule has 102 valence electrons. The van der Waals surface area contributed by atoms with Gasteiger partial charge in [-0.25, -0.2) is 4.39 Å². The lowest BCUT2D eigenvalue weighted by Gasteiger charge is -2.07. The highest BCUT2D eigenvalue weighted by atomic mass is 79.9. The van der Waals surface area contributed by atoms with Crippen molar-refractivity contribution >= 4 is 33.2 Å². The van der Waals surface area contributed by atoms with Gasteiger partial charge in [0.2, 0.25) is 0 Å². The number of nitro groups is 1. The molecule has 0 radical (unpaired) electrons. The Hall–Kier alpha value is -2.28. The first-order chi connectivity index (χ1) is 9.49. The minimum Gasteiger partial charge on any atom is -0.321 e. The van der Waals surface area contributed by atoms with E-state index in [1.165, 1.54) is 0 Å². The molecule has 1 amide bonds. The number of amides is 1. The van der Waals surface area contributed by atoms with Gasteiger partial charge in [-0.1, -0.05) is 12.1 Å². The zero-order chi connectivity index (χ0) is 14.7. The predicted molar refractivity (Wildman–Crippen MR) is 75.1 cm³/mol. The van der Waals surface area contributed by atoms with Gasteiger partial charge in [-0.05, 0) is 34.1 Å². The van der Waals surface area contributed by atoms with Crippen LogP contribution in [0.1, 0.15) is 10.4 Å². The minimum atomic E-state index is -0.941. The first-order valence-electron chi connectivity index (χ1n) is 5.49. The van der Waals surface area contributed by atoms with Crippen molar-refractivity contribution in [3.63, 3.8) is 0 Å². The van der Waals surface area contributed by atoms with Gasteiger partial charge < -0.3 is 5.32 Å². The Bertz CT molecular complexity index is 691. The molecule has 0 fully saturated rings. The fourth-order valence-corrected chi connectivity index (χ4v) is 1.94. The van der Waals surface area contributed by atoms with Gasteiger partial charge in [0, 0.05) is 10.5 Å². The molecule has 0 aliphatic rings. The Morgan fingerprint density at radius 2 is 1.95 bits per heavy atom. The predicted octanol–water partition coefficient (Wildman–Crippen LogP) is 3.75. The topological polar surface area (TPSA) is 72.2 Å². The Morgan fingerprint density at radius 1 is 1.25 bits per heavy atom. The van der Waals surface area contributed by atoms with Crippen LogP contribution in [-0.4, -0.2) is 10.8 Å². The van der Waals surface area contributed by atoms with E-state index in [1.807, 2.05) is 0 Å². The van der Waals surface area contributed by atoms with Crippen molar-refractivity contribution in [1.29, 1.82) is 0 Å². The molecule has 0 aliphatic heterocycles. The molecule has 0 spiro atoms. The van der Waals surface area contributed by atoms with E-state index in [4.69, 9.17) is 0 Å². The van der Waals surface area contributed by atoms with Crippen LogP contribution in [-0.2, 0) is 0 Å². The van der Waals surface area contributed by atoms with E-state index in [-0.39, 0.29) is 5.56 Å². The van der Waals surface area contributed by atoms with E-state index in [2.05, 4.69) is 21.2 Å². The maximum Gasteiger partial charge on any atom is 0.272 e. The summed E-state index contributed by atoms with van der Waals surface area (Å²) >= 11 is 3.25. The zero-order valence-electron chi connectivity index (χ0n) is 9.97. The number of hydrogen-bond donors (Lipinski definition) is 1. The Kier molecular flexibility index (Phi) is 4.09. The standard InChI is InChI=1S/C13H8BrFN2O3/c14-10-3-1-2-4-12(10)16-13(18)9-6-5-8(17(19)20)7-11(9)15/h1-7H,(H,16,18). The largest absolute Gasteiger partial charge is 0.321 e. The van der Waals surface area contributed by atoms with Crippen LogP contribution >= 0.6 is 15.9 Å². The van der Waals surface area contributed by atoms with Crippen molar-refractivity contribution in [2.24, 2.45) is 0 Å². The van der Waals surface area contributed by atoms with Gasteiger partial charge in [-0.2, -0.15) is 0 Å². The lowest BCUT2D eigenvalue weighted by Crippen LogP contribution is -2.14. The van der Waals surface area contributed by atoms with Gasteiger partial charge in [0.05, 0.1) is 22.2 Å². The molecule has 0 aromatic heterocycles. The Balaban J connectivity index is 2.26. The summed E-state index contributed by atoms with van der Waals surface area (Å²) < 4.78 is 14.3. The van der Waals surface area contributed by atoms with E-state index in [1.54, 1.807) is 24.3 Å². The molecule has 1 N–H and O–H groups in total. The highest BCUT2D eigenvalue weighted by molar-refractivity contribution is 9.10. The van der Waals surface area contributed by atoms with Crippen LogP contribution in [0.2, 0.25) is 0 Å². The number of nitrogens with one attached hydrogen (secondary N) is 1. The summed E-state index contributed by atoms with van der Waals surface area (Å²) in [5, 5.41) is 13.0. The average molecular weight is 339 g/mol. The van der Waals surface area contributed by atoms with E-state index < -0.39 is 22.3 Å². The first-order valence-corrected chi connectivity index (χ1v) is 6.28. The van der Waals surface area contributed by atoms with Crippen LogP contribution < -0.4 is 5.32 Å². The molecule has 5 nitrogen and oxygen atoms in total. The summed E-state index contributed by atoms with van der Waals surface area (Å²) in [6, 6.07) is 9.73. The van der Waals surface area contributed by atoms with Crippen molar-refractivity contribution in [3.8, 4) is 0 Å². The van der Waals surface area contributed by atoms with E-state index in [9.17, 15) is 19.3 Å². The van der Waals surface area contributed by atoms with Crippen LogP contribution in [0.15, 0.2) is 46.9 Å². The maximum atomic E-state index is 13.7. The molecular formula is C13H8BrFN2O3. The molecule has 20 heavy (non-hydrogen) atoms. The second-order valence-electron chi connectivity index (χ2n) is 3.86. The van der Waals surface area contributed by atoms with Gasteiger partial charge in [0.25, 0.3) is 11.6 Å². The van der Waals surface area contributed by atoms with Crippen molar-refractivity contribution in [1.82, 2.24) is 0 Å². The molecule has 0 bridgehead atoms. The minimum absolute atomic E-state index is 0.258. The third-order valence-corrected chi connectivity index (χ3v) is 3.22. The SMILES string of the molecule is O=C(Nc1ccccc1Br)c1ccc([N+](=O)[O-])cc1F. The van der Waals surface area contributed by atoms with Crippen LogP contribution in [0.5, 0.6) is 0 Å². The lowest BCUT2D eigenvalue weighted by atomic mass is 10.1. The second-order valence-corrected chi connectivity index (χ2v) is 4.71. The number of nitro benzene ring substituents is 1. The number of hydrogen-bond acceptors (Lipinski definition) is 3. The van der Waals surface area contributed by atoms with E-state index in [0.717, 1.165) is 18.2 Å². The molecule has 2 aromatic rings. The molecule has 0 saturated heterocycles. The third-order valence-electron chi connectivity index (χ3n) is 2.53. The molecule has 7 heteroatoms. The van der Waals surface area contributed by atoms with Gasteiger partial charge in [0.1, 0.15) is 5.82 Å². The van der Waals surface area contributed by atoms with E-state index in [0.29, 0.717) is 10.2 Å². The number of para-hydroxylation sites is 1. The molecule has 0 saturated carbocycles. The highest BCUT2D eigenvalue weighted by Gasteiger charge is 2.16. The quantitative estimate of drug-likeness (QED) is 0.684. The van der Waals surface area contributed by atoms with Gasteiger partial charge in [-0.3, -0.25) is 14.9 Å². The smallest absolute Gasteiger partial charge is 0.272 e. The third kappa shape index (κ3) is 3.00. The summed E-state index contributed by atoms with van der Waals surface area (Å²) in [7, 11) is 0. The average Bonchev–Trinajstić information content (AvgIpc) is 2.41. The number of non-ortho nitro benzene ring substituents is 1. The van der Waals surface area contributed by atoms with Crippen LogP contribution in [0, 0.1) is 15.9 Å². The second kappa shape index (κ2) is 5.79. The van der Waals surface area contributed by atoms with Crippen molar-refractivity contribution in [2.75, 3.05) is 5.32 Å². The molecule has 0 heterocycles. The van der Waals surface area contributed by atoms with Crippen molar-refractivity contribution in [3.05, 3.63) is 68.4 Å². The number of anilines is 1. The Morgan fingerprint density at radius 3 is 2.55 bits per heavy atom. The molecular weight excluding hydrogens is 331 g/mol. The number of nitrogens with zero attached hydrogens (tertiary/aromatic N) is 1. The van der Waals surface area contributed by atoms with Crippen LogP contribution in [0.4, 0.5) is 15.8 Å². The van der Waals surface area contributed by atoms with Crippen LogP contribution in [0.25, 0.3) is 0 Å². The van der Waals surface area contributed by atoms with Crippen molar-refractivity contribution in [2.45, 2.75) is 0 Å². The summed E-state index contributed by atoms with van der Waals surface area (Å²) in [6.07, 6.45) is 0. The summed E-state index contributed by atoms with van der Waals surface area (Å²) in [6.45, 7) is 0. The normalized spacial score (nSPS) is 10.1. The first kappa shape index (κ1) is 14.1. The number of carbonyl (C=O) groups excluding carboxylic acids is 1. The van der Waals surface area contributed by atoms with Crippen LogP contribution in [0.3, 0.4) is 0 Å². The van der Waals surface area contributed by atoms with Gasteiger partial charge in [-0.15, -0.1) is 0 Å². The molecule has 2 rings (SSSR count). The van der Waals surface area contributed by atoms with Gasteiger partial charge >= 0.3 is 0 Å². The Labute approximate surface area is 121 Å². The fraction of sp³-hybridized carbons (Fsp3) is 0. The number of carbonyl (C=O) groups is 1. The molecule has 0 aliphatic carbocycles. The molecule has 0 unspecified atom stereocenters. The summed E-state index contributed by atoms with van der Waals surface area (Å²) in [5.74, 6) is -1.62. The number of halogens is 2. The maximum absolute atomic E-state index is 13.7. The van der Waals surface area contributed by atoms with E-state index >= 15 is 0 Å². The van der Waals surface area contributed by atoms with Gasteiger partial charge in [0.15, 0.2) is 0 Å². The molecule has 2 aromatic carbocycles. The lowest BCUT2D eigenvalue weighted by molar-refractivity contribution is -0.385. The van der Waals surface area contributed by atoms with Crippen molar-refractivity contribution < 1.29 is 14.1 Å². The molecule has 0 atom stereocenters. The summed E-state index contributed by atoms with van der Waals surface area (Å²) in [4.78, 5) is 21.7. The monoisotopic (exact) mass is 338 g/mol. The number of rotatable bonds is 3. The summed E-state index contributed by atoms with van der Waals surface area (Å²) in [5.41, 5.74) is -0.179. The zero-order valence-corrected chi connectivity index (χ0v) is 11.6. The fourth-order valence-electron chi connectivity index (χ4n) is 1.55. The number of benzene rings is 2.